The highest BCUT2D eigenvalue weighted by Crippen LogP contribution is 2.38. The number of likely N-dealkylation sites (tertiary alicyclic amines) is 1. The van der Waals surface area contributed by atoms with E-state index in [2.05, 4.69) is 11.9 Å². The van der Waals surface area contributed by atoms with Gasteiger partial charge in [0.25, 0.3) is 0 Å². The van der Waals surface area contributed by atoms with Crippen LogP contribution < -0.4 is 4.74 Å². The molecular formula is C23H23ClN2O2S. The van der Waals surface area contributed by atoms with Gasteiger partial charge < -0.3 is 9.64 Å². The number of ether oxygens (including phenoxy) is 1. The smallest absolute Gasteiger partial charge is 0.227 e. The number of halogens is 1. The number of carbonyl (C=O) groups excluding carboxylic acids is 1. The van der Waals surface area contributed by atoms with E-state index < -0.39 is 0 Å². The molecule has 2 atom stereocenters. The molecule has 6 heteroatoms. The predicted octanol–water partition coefficient (Wildman–Crippen LogP) is 5.53. The second kappa shape index (κ2) is 8.97. The van der Waals surface area contributed by atoms with Crippen molar-refractivity contribution in [3.63, 3.8) is 0 Å². The van der Waals surface area contributed by atoms with E-state index in [-0.39, 0.29) is 11.9 Å². The SMILES string of the molecule is CC1CCN(C(=O)Cc2ccc(OCc3ccc(Cl)cc3)cc2)C1c1nccs1. The Morgan fingerprint density at radius 2 is 1.90 bits per heavy atom. The summed E-state index contributed by atoms with van der Waals surface area (Å²) in [5.74, 6) is 1.38. The first-order valence-corrected chi connectivity index (χ1v) is 11.0. The fourth-order valence-electron chi connectivity index (χ4n) is 3.71. The molecule has 1 amide bonds. The van der Waals surface area contributed by atoms with Crippen molar-refractivity contribution in [2.45, 2.75) is 32.4 Å². The van der Waals surface area contributed by atoms with Gasteiger partial charge in [-0.15, -0.1) is 11.3 Å². The number of aromatic nitrogens is 1. The molecule has 1 aliphatic rings. The summed E-state index contributed by atoms with van der Waals surface area (Å²) < 4.78 is 5.83. The summed E-state index contributed by atoms with van der Waals surface area (Å²) in [5.41, 5.74) is 2.05. The quantitative estimate of drug-likeness (QED) is 0.520. The normalized spacial score (nSPS) is 18.8. The minimum Gasteiger partial charge on any atom is -0.489 e. The molecule has 2 heterocycles. The summed E-state index contributed by atoms with van der Waals surface area (Å²) in [6.45, 7) is 3.48. The van der Waals surface area contributed by atoms with Crippen LogP contribution in [0.3, 0.4) is 0 Å². The van der Waals surface area contributed by atoms with Crippen LogP contribution in [0, 0.1) is 5.92 Å². The van der Waals surface area contributed by atoms with Gasteiger partial charge in [-0.05, 0) is 47.7 Å². The van der Waals surface area contributed by atoms with Crippen molar-refractivity contribution in [3.8, 4) is 5.75 Å². The number of benzene rings is 2. The van der Waals surface area contributed by atoms with E-state index in [4.69, 9.17) is 16.3 Å². The molecule has 1 aromatic heterocycles. The fraction of sp³-hybridized carbons (Fsp3) is 0.304. The third kappa shape index (κ3) is 4.80. The summed E-state index contributed by atoms with van der Waals surface area (Å²) in [6.07, 6.45) is 3.23. The van der Waals surface area contributed by atoms with Gasteiger partial charge in [-0.3, -0.25) is 4.79 Å². The average molecular weight is 427 g/mol. The number of amides is 1. The summed E-state index contributed by atoms with van der Waals surface area (Å²) in [4.78, 5) is 19.4. The van der Waals surface area contributed by atoms with Crippen molar-refractivity contribution in [1.82, 2.24) is 9.88 Å². The van der Waals surface area contributed by atoms with E-state index in [9.17, 15) is 4.79 Å². The van der Waals surface area contributed by atoms with Crippen molar-refractivity contribution >= 4 is 28.8 Å². The van der Waals surface area contributed by atoms with Crippen molar-refractivity contribution in [1.29, 1.82) is 0 Å². The maximum absolute atomic E-state index is 12.9. The first kappa shape index (κ1) is 19.9. The van der Waals surface area contributed by atoms with E-state index in [1.807, 2.05) is 65.0 Å². The van der Waals surface area contributed by atoms with Gasteiger partial charge in [0.2, 0.25) is 5.91 Å². The Morgan fingerprint density at radius 3 is 2.59 bits per heavy atom. The maximum Gasteiger partial charge on any atom is 0.227 e. The molecule has 4 nitrogen and oxygen atoms in total. The molecule has 0 spiro atoms. The van der Waals surface area contributed by atoms with E-state index in [0.29, 0.717) is 24.0 Å². The van der Waals surface area contributed by atoms with Crippen LogP contribution >= 0.6 is 22.9 Å². The molecule has 0 saturated carbocycles. The molecule has 2 unspecified atom stereocenters. The van der Waals surface area contributed by atoms with Crippen molar-refractivity contribution < 1.29 is 9.53 Å². The molecule has 150 valence electrons. The second-order valence-electron chi connectivity index (χ2n) is 7.40. The highest BCUT2D eigenvalue weighted by molar-refractivity contribution is 7.09. The average Bonchev–Trinajstić information content (AvgIpc) is 3.38. The minimum absolute atomic E-state index is 0.101. The van der Waals surface area contributed by atoms with Gasteiger partial charge in [0.1, 0.15) is 17.4 Å². The molecule has 2 aromatic carbocycles. The zero-order valence-corrected chi connectivity index (χ0v) is 17.8. The number of hydrogen-bond donors (Lipinski definition) is 0. The monoisotopic (exact) mass is 426 g/mol. The minimum atomic E-state index is 0.101. The lowest BCUT2D eigenvalue weighted by molar-refractivity contribution is -0.131. The summed E-state index contributed by atoms with van der Waals surface area (Å²) >= 11 is 7.53. The zero-order valence-electron chi connectivity index (χ0n) is 16.3. The van der Waals surface area contributed by atoms with Gasteiger partial charge in [0, 0.05) is 23.1 Å². The third-order valence-corrected chi connectivity index (χ3v) is 6.42. The van der Waals surface area contributed by atoms with Gasteiger partial charge in [-0.2, -0.15) is 0 Å². The summed E-state index contributed by atoms with van der Waals surface area (Å²) in [5, 5.41) is 3.73. The highest BCUT2D eigenvalue weighted by atomic mass is 35.5. The lowest BCUT2D eigenvalue weighted by Crippen LogP contribution is -2.32. The molecule has 0 N–H and O–H groups in total. The number of hydrogen-bond acceptors (Lipinski definition) is 4. The lowest BCUT2D eigenvalue weighted by Gasteiger charge is -2.25. The Morgan fingerprint density at radius 1 is 1.17 bits per heavy atom. The molecule has 1 aliphatic heterocycles. The largest absolute Gasteiger partial charge is 0.489 e. The van der Waals surface area contributed by atoms with Gasteiger partial charge >= 0.3 is 0 Å². The molecule has 0 bridgehead atoms. The van der Waals surface area contributed by atoms with Crippen LogP contribution in [0.1, 0.15) is 35.5 Å². The highest BCUT2D eigenvalue weighted by Gasteiger charge is 2.36. The summed E-state index contributed by atoms with van der Waals surface area (Å²) in [7, 11) is 0. The van der Waals surface area contributed by atoms with Crippen LogP contribution in [0.5, 0.6) is 5.75 Å². The first-order valence-electron chi connectivity index (χ1n) is 9.75. The number of nitrogens with zero attached hydrogens (tertiary/aromatic N) is 2. The van der Waals surface area contributed by atoms with Crippen molar-refractivity contribution in [2.24, 2.45) is 5.92 Å². The Balaban J connectivity index is 1.35. The van der Waals surface area contributed by atoms with Crippen LogP contribution in [-0.2, 0) is 17.8 Å². The number of thiazole rings is 1. The maximum atomic E-state index is 12.9. The Hall–Kier alpha value is -2.37. The molecule has 4 rings (SSSR count). The van der Waals surface area contributed by atoms with Gasteiger partial charge in [-0.25, -0.2) is 4.98 Å². The van der Waals surface area contributed by atoms with Crippen molar-refractivity contribution in [2.75, 3.05) is 6.54 Å². The van der Waals surface area contributed by atoms with E-state index in [1.54, 1.807) is 11.3 Å². The first-order chi connectivity index (χ1) is 14.1. The van der Waals surface area contributed by atoms with Crippen LogP contribution in [-0.4, -0.2) is 22.3 Å². The van der Waals surface area contributed by atoms with E-state index in [1.165, 1.54) is 0 Å². The molecule has 29 heavy (non-hydrogen) atoms. The molecular weight excluding hydrogens is 404 g/mol. The van der Waals surface area contributed by atoms with Crippen LogP contribution in [0.2, 0.25) is 5.02 Å². The Bertz CT molecular complexity index is 942. The van der Waals surface area contributed by atoms with Gasteiger partial charge in [-0.1, -0.05) is 42.8 Å². The fourth-order valence-corrected chi connectivity index (χ4v) is 4.72. The Labute approximate surface area is 180 Å². The molecule has 1 saturated heterocycles. The van der Waals surface area contributed by atoms with Crippen LogP contribution in [0.4, 0.5) is 0 Å². The topological polar surface area (TPSA) is 42.4 Å². The zero-order chi connectivity index (χ0) is 20.2. The van der Waals surface area contributed by atoms with Crippen LogP contribution in [0.25, 0.3) is 0 Å². The molecule has 3 aromatic rings. The van der Waals surface area contributed by atoms with Gasteiger partial charge in [0.15, 0.2) is 0 Å². The molecule has 0 radical (unpaired) electrons. The predicted molar refractivity (Wildman–Crippen MR) is 116 cm³/mol. The second-order valence-corrected chi connectivity index (χ2v) is 8.77. The standard InChI is InChI=1S/C23H23ClN2O2S/c1-16-10-12-26(22(16)23-25-11-13-29-23)21(27)14-17-4-8-20(9-5-17)28-15-18-2-6-19(24)7-3-18/h2-9,11,13,16,22H,10,12,14-15H2,1H3. The van der Waals surface area contributed by atoms with Crippen molar-refractivity contribution in [3.05, 3.63) is 81.3 Å². The van der Waals surface area contributed by atoms with Crippen LogP contribution in [0.15, 0.2) is 60.1 Å². The van der Waals surface area contributed by atoms with E-state index in [0.717, 1.165) is 34.8 Å². The van der Waals surface area contributed by atoms with E-state index >= 15 is 0 Å². The molecule has 0 aliphatic carbocycles. The molecule has 1 fully saturated rings. The number of carbonyl (C=O) groups is 1. The van der Waals surface area contributed by atoms with Gasteiger partial charge in [0.05, 0.1) is 12.5 Å². The lowest BCUT2D eigenvalue weighted by atomic mass is 10.0. The number of rotatable bonds is 6. The third-order valence-electron chi connectivity index (χ3n) is 5.32. The Kier molecular flexibility index (Phi) is 6.16. The summed E-state index contributed by atoms with van der Waals surface area (Å²) in [6, 6.07) is 15.5.